The van der Waals surface area contributed by atoms with Crippen LogP contribution < -0.4 is 10.6 Å². The highest BCUT2D eigenvalue weighted by Crippen LogP contribution is 2.28. The van der Waals surface area contributed by atoms with E-state index in [2.05, 4.69) is 27.8 Å². The van der Waals surface area contributed by atoms with Crippen LogP contribution in [0, 0.1) is 0 Å². The van der Waals surface area contributed by atoms with Crippen LogP contribution >= 0.6 is 23.1 Å². The van der Waals surface area contributed by atoms with Crippen molar-refractivity contribution in [3.8, 4) is 0 Å². The second kappa shape index (κ2) is 7.25. The van der Waals surface area contributed by atoms with Crippen molar-refractivity contribution < 1.29 is 4.79 Å². The molecule has 0 aliphatic heterocycles. The SMILES string of the molecule is CCCSc1nnc(Nc2cccc(NC(C)=O)c2)s1. The molecule has 1 amide bonds. The Hall–Kier alpha value is -1.60. The number of anilines is 3. The molecular weight excluding hydrogens is 292 g/mol. The van der Waals surface area contributed by atoms with Gasteiger partial charge in [0.05, 0.1) is 0 Å². The van der Waals surface area contributed by atoms with Crippen molar-refractivity contribution in [2.45, 2.75) is 24.6 Å². The molecule has 0 unspecified atom stereocenters. The highest BCUT2D eigenvalue weighted by molar-refractivity contribution is 8.01. The summed E-state index contributed by atoms with van der Waals surface area (Å²) >= 11 is 3.24. The molecule has 1 aromatic carbocycles. The van der Waals surface area contributed by atoms with Crippen LogP contribution in [0.25, 0.3) is 0 Å². The zero-order chi connectivity index (χ0) is 14.4. The largest absolute Gasteiger partial charge is 0.330 e. The number of nitrogens with zero attached hydrogens (tertiary/aromatic N) is 2. The Morgan fingerprint density at radius 1 is 1.35 bits per heavy atom. The predicted molar refractivity (Wildman–Crippen MR) is 85.0 cm³/mol. The molecule has 0 aliphatic rings. The minimum atomic E-state index is -0.0867. The number of benzene rings is 1. The third-order valence-corrected chi connectivity index (χ3v) is 4.45. The second-order valence-electron chi connectivity index (χ2n) is 4.11. The smallest absolute Gasteiger partial charge is 0.221 e. The summed E-state index contributed by atoms with van der Waals surface area (Å²) in [6.45, 7) is 3.63. The van der Waals surface area contributed by atoms with Gasteiger partial charge in [-0.3, -0.25) is 4.79 Å². The molecule has 0 saturated heterocycles. The van der Waals surface area contributed by atoms with Gasteiger partial charge in [-0.2, -0.15) is 0 Å². The van der Waals surface area contributed by atoms with Gasteiger partial charge in [-0.05, 0) is 24.6 Å². The van der Waals surface area contributed by atoms with Gasteiger partial charge in [0, 0.05) is 24.1 Å². The molecule has 106 valence electrons. The van der Waals surface area contributed by atoms with Gasteiger partial charge >= 0.3 is 0 Å². The number of carbonyl (C=O) groups excluding carboxylic acids is 1. The fourth-order valence-electron chi connectivity index (χ4n) is 1.51. The van der Waals surface area contributed by atoms with Crippen LogP contribution in [0.5, 0.6) is 0 Å². The van der Waals surface area contributed by atoms with Crippen LogP contribution in [-0.2, 0) is 4.79 Å². The topological polar surface area (TPSA) is 66.9 Å². The van der Waals surface area contributed by atoms with Crippen LogP contribution in [0.3, 0.4) is 0 Å². The lowest BCUT2D eigenvalue weighted by atomic mass is 10.3. The molecule has 5 nitrogen and oxygen atoms in total. The molecule has 0 aliphatic carbocycles. The number of nitrogens with one attached hydrogen (secondary N) is 2. The molecule has 1 heterocycles. The standard InChI is InChI=1S/C13H16N4OS2/c1-3-7-19-13-17-16-12(20-13)15-11-6-4-5-10(8-11)14-9(2)18/h4-6,8H,3,7H2,1-2H3,(H,14,18)(H,15,16). The van der Waals surface area contributed by atoms with Gasteiger partial charge in [0.2, 0.25) is 11.0 Å². The van der Waals surface area contributed by atoms with Crippen molar-refractivity contribution in [1.29, 1.82) is 0 Å². The van der Waals surface area contributed by atoms with E-state index in [1.54, 1.807) is 11.8 Å². The summed E-state index contributed by atoms with van der Waals surface area (Å²) in [6, 6.07) is 7.50. The van der Waals surface area contributed by atoms with E-state index < -0.39 is 0 Å². The maximum absolute atomic E-state index is 11.0. The summed E-state index contributed by atoms with van der Waals surface area (Å²) in [4.78, 5) is 11.0. The lowest BCUT2D eigenvalue weighted by Crippen LogP contribution is -2.05. The van der Waals surface area contributed by atoms with E-state index in [9.17, 15) is 4.79 Å². The minimum Gasteiger partial charge on any atom is -0.330 e. The van der Waals surface area contributed by atoms with E-state index in [0.717, 1.165) is 33.0 Å². The van der Waals surface area contributed by atoms with Crippen molar-refractivity contribution in [1.82, 2.24) is 10.2 Å². The molecule has 0 spiro atoms. The van der Waals surface area contributed by atoms with E-state index in [1.807, 2.05) is 24.3 Å². The lowest BCUT2D eigenvalue weighted by molar-refractivity contribution is -0.114. The zero-order valence-corrected chi connectivity index (χ0v) is 13.0. The maximum atomic E-state index is 11.0. The third-order valence-electron chi connectivity index (χ3n) is 2.27. The van der Waals surface area contributed by atoms with Crippen LogP contribution in [0.1, 0.15) is 20.3 Å². The number of amides is 1. The molecule has 0 bridgehead atoms. The predicted octanol–water partition coefficient (Wildman–Crippen LogP) is 3.74. The Morgan fingerprint density at radius 2 is 2.15 bits per heavy atom. The zero-order valence-electron chi connectivity index (χ0n) is 11.3. The fourth-order valence-corrected chi connectivity index (χ4v) is 3.21. The Balaban J connectivity index is 2.02. The van der Waals surface area contributed by atoms with E-state index in [0.29, 0.717) is 0 Å². The molecule has 1 aromatic heterocycles. The summed E-state index contributed by atoms with van der Waals surface area (Å²) < 4.78 is 0.965. The Morgan fingerprint density at radius 3 is 2.90 bits per heavy atom. The van der Waals surface area contributed by atoms with Crippen LogP contribution in [-0.4, -0.2) is 21.9 Å². The molecule has 0 atom stereocenters. The van der Waals surface area contributed by atoms with Crippen LogP contribution in [0.15, 0.2) is 28.6 Å². The van der Waals surface area contributed by atoms with Gasteiger partial charge in [0.25, 0.3) is 0 Å². The van der Waals surface area contributed by atoms with Gasteiger partial charge in [-0.1, -0.05) is 36.1 Å². The van der Waals surface area contributed by atoms with E-state index in [4.69, 9.17) is 0 Å². The quantitative estimate of drug-likeness (QED) is 0.796. The third kappa shape index (κ3) is 4.50. The normalized spacial score (nSPS) is 10.3. The number of hydrogen-bond donors (Lipinski definition) is 2. The summed E-state index contributed by atoms with van der Waals surface area (Å²) in [7, 11) is 0. The number of carbonyl (C=O) groups is 1. The first-order valence-electron chi connectivity index (χ1n) is 6.28. The van der Waals surface area contributed by atoms with Crippen molar-refractivity contribution in [3.63, 3.8) is 0 Å². The molecule has 2 rings (SSSR count). The average molecular weight is 308 g/mol. The van der Waals surface area contributed by atoms with Gasteiger partial charge in [-0.15, -0.1) is 10.2 Å². The maximum Gasteiger partial charge on any atom is 0.221 e. The first-order chi connectivity index (χ1) is 9.67. The van der Waals surface area contributed by atoms with Crippen molar-refractivity contribution >= 4 is 45.5 Å². The number of thioether (sulfide) groups is 1. The summed E-state index contributed by atoms with van der Waals surface area (Å²) in [5, 5.41) is 14.9. The van der Waals surface area contributed by atoms with Crippen molar-refractivity contribution in [3.05, 3.63) is 24.3 Å². The number of aromatic nitrogens is 2. The van der Waals surface area contributed by atoms with Crippen molar-refractivity contribution in [2.75, 3.05) is 16.4 Å². The molecule has 0 fully saturated rings. The van der Waals surface area contributed by atoms with Crippen molar-refractivity contribution in [2.24, 2.45) is 0 Å². The average Bonchev–Trinajstić information content (AvgIpc) is 2.83. The second-order valence-corrected chi connectivity index (χ2v) is 6.43. The highest BCUT2D eigenvalue weighted by atomic mass is 32.2. The van der Waals surface area contributed by atoms with Gasteiger partial charge in [0.1, 0.15) is 0 Å². The first kappa shape index (κ1) is 14.8. The van der Waals surface area contributed by atoms with Gasteiger partial charge in [-0.25, -0.2) is 0 Å². The van der Waals surface area contributed by atoms with Crippen LogP contribution in [0.2, 0.25) is 0 Å². The van der Waals surface area contributed by atoms with Crippen LogP contribution in [0.4, 0.5) is 16.5 Å². The number of hydrogen-bond acceptors (Lipinski definition) is 6. The molecule has 0 radical (unpaired) electrons. The molecule has 20 heavy (non-hydrogen) atoms. The first-order valence-corrected chi connectivity index (χ1v) is 8.08. The summed E-state index contributed by atoms with van der Waals surface area (Å²) in [6.07, 6.45) is 1.12. The number of rotatable bonds is 6. The van der Waals surface area contributed by atoms with E-state index in [-0.39, 0.29) is 5.91 Å². The molecule has 0 saturated carbocycles. The minimum absolute atomic E-state index is 0.0867. The van der Waals surface area contributed by atoms with Gasteiger partial charge < -0.3 is 10.6 Å². The molecule has 2 aromatic rings. The van der Waals surface area contributed by atoms with E-state index in [1.165, 1.54) is 18.3 Å². The lowest BCUT2D eigenvalue weighted by Gasteiger charge is -2.05. The molecule has 7 heteroatoms. The highest BCUT2D eigenvalue weighted by Gasteiger charge is 2.05. The summed E-state index contributed by atoms with van der Waals surface area (Å²) in [5.41, 5.74) is 1.63. The van der Waals surface area contributed by atoms with E-state index >= 15 is 0 Å². The Kier molecular flexibility index (Phi) is 5.37. The Bertz CT molecular complexity index is 585. The molecule has 2 N–H and O–H groups in total. The Labute approximate surface area is 126 Å². The monoisotopic (exact) mass is 308 g/mol. The fraction of sp³-hybridized carbons (Fsp3) is 0.308. The molecular formula is C13H16N4OS2. The van der Waals surface area contributed by atoms with Gasteiger partial charge in [0.15, 0.2) is 4.34 Å². The summed E-state index contributed by atoms with van der Waals surface area (Å²) in [5.74, 6) is 0.962.